The molecule has 0 aromatic carbocycles. The highest BCUT2D eigenvalue weighted by Crippen LogP contribution is 2.29. The van der Waals surface area contributed by atoms with Gasteiger partial charge in [0.25, 0.3) is 0 Å². The van der Waals surface area contributed by atoms with E-state index in [1.807, 2.05) is 6.92 Å². The first kappa shape index (κ1) is 14.5. The molecule has 0 aromatic heterocycles. The van der Waals surface area contributed by atoms with Crippen molar-refractivity contribution in [1.82, 2.24) is 5.32 Å². The highest BCUT2D eigenvalue weighted by atomic mass is 16.5. The number of methoxy groups -OCH3 is 1. The molecule has 100 valence electrons. The first-order valence-electron chi connectivity index (χ1n) is 6.61. The van der Waals surface area contributed by atoms with Crippen molar-refractivity contribution in [2.24, 2.45) is 17.6 Å². The third kappa shape index (κ3) is 4.28. The maximum absolute atomic E-state index is 12.2. The van der Waals surface area contributed by atoms with E-state index in [2.05, 4.69) is 12.2 Å². The number of nitrogens with two attached hydrogens (primary N) is 1. The van der Waals surface area contributed by atoms with Crippen LogP contribution in [0.3, 0.4) is 0 Å². The molecule has 1 aliphatic rings. The predicted octanol–water partition coefficient (Wildman–Crippen LogP) is 1.29. The van der Waals surface area contributed by atoms with Gasteiger partial charge in [-0.3, -0.25) is 4.79 Å². The van der Waals surface area contributed by atoms with E-state index in [1.165, 1.54) is 0 Å². The third-order valence-electron chi connectivity index (χ3n) is 3.72. The van der Waals surface area contributed by atoms with Crippen molar-refractivity contribution in [3.05, 3.63) is 0 Å². The van der Waals surface area contributed by atoms with Gasteiger partial charge in [0.05, 0.1) is 5.92 Å². The Morgan fingerprint density at radius 2 is 2.24 bits per heavy atom. The number of carbonyl (C=O) groups is 1. The minimum absolute atomic E-state index is 0.0197. The average molecular weight is 242 g/mol. The monoisotopic (exact) mass is 242 g/mol. The lowest BCUT2D eigenvalue weighted by Crippen LogP contribution is -2.49. The average Bonchev–Trinajstić information content (AvgIpc) is 2.26. The Morgan fingerprint density at radius 1 is 1.53 bits per heavy atom. The van der Waals surface area contributed by atoms with Gasteiger partial charge < -0.3 is 15.8 Å². The van der Waals surface area contributed by atoms with Gasteiger partial charge in [0.1, 0.15) is 0 Å². The summed E-state index contributed by atoms with van der Waals surface area (Å²) in [7, 11) is 1.67. The van der Waals surface area contributed by atoms with E-state index in [-0.39, 0.29) is 23.9 Å². The van der Waals surface area contributed by atoms with Crippen molar-refractivity contribution in [2.45, 2.75) is 51.6 Å². The van der Waals surface area contributed by atoms with E-state index in [9.17, 15) is 4.79 Å². The van der Waals surface area contributed by atoms with E-state index in [1.54, 1.807) is 7.11 Å². The smallest absolute Gasteiger partial charge is 0.225 e. The van der Waals surface area contributed by atoms with Crippen LogP contribution in [0, 0.1) is 11.8 Å². The SMILES string of the molecule is COCCC(C)NC(=O)C1C(C)CCCC1N. The number of ether oxygens (including phenoxy) is 1. The van der Waals surface area contributed by atoms with Gasteiger partial charge in [0.15, 0.2) is 0 Å². The molecule has 0 aromatic rings. The normalized spacial score (nSPS) is 30.9. The van der Waals surface area contributed by atoms with Crippen LogP contribution in [0.15, 0.2) is 0 Å². The second kappa shape index (κ2) is 6.97. The topological polar surface area (TPSA) is 64.3 Å². The fraction of sp³-hybridized carbons (Fsp3) is 0.923. The molecule has 0 bridgehead atoms. The Kier molecular flexibility index (Phi) is 5.92. The van der Waals surface area contributed by atoms with Crippen LogP contribution in [-0.4, -0.2) is 31.7 Å². The highest BCUT2D eigenvalue weighted by molar-refractivity contribution is 5.80. The van der Waals surface area contributed by atoms with Gasteiger partial charge in [-0.2, -0.15) is 0 Å². The molecule has 17 heavy (non-hydrogen) atoms. The second-order valence-electron chi connectivity index (χ2n) is 5.29. The second-order valence-corrected chi connectivity index (χ2v) is 5.29. The van der Waals surface area contributed by atoms with Crippen molar-refractivity contribution < 1.29 is 9.53 Å². The van der Waals surface area contributed by atoms with Crippen LogP contribution in [0.2, 0.25) is 0 Å². The molecule has 0 spiro atoms. The number of hydrogen-bond acceptors (Lipinski definition) is 3. The highest BCUT2D eigenvalue weighted by Gasteiger charge is 2.34. The van der Waals surface area contributed by atoms with Crippen molar-refractivity contribution >= 4 is 5.91 Å². The lowest BCUT2D eigenvalue weighted by Gasteiger charge is -2.33. The zero-order valence-corrected chi connectivity index (χ0v) is 11.2. The zero-order valence-electron chi connectivity index (χ0n) is 11.2. The van der Waals surface area contributed by atoms with Gasteiger partial charge in [-0.1, -0.05) is 13.3 Å². The Hall–Kier alpha value is -0.610. The Morgan fingerprint density at radius 3 is 2.82 bits per heavy atom. The number of nitrogens with one attached hydrogen (secondary N) is 1. The number of hydrogen-bond donors (Lipinski definition) is 2. The van der Waals surface area contributed by atoms with E-state index in [0.29, 0.717) is 12.5 Å². The van der Waals surface area contributed by atoms with E-state index in [4.69, 9.17) is 10.5 Å². The third-order valence-corrected chi connectivity index (χ3v) is 3.72. The Balaban J connectivity index is 2.44. The van der Waals surface area contributed by atoms with Gasteiger partial charge >= 0.3 is 0 Å². The molecular formula is C13H26N2O2. The van der Waals surface area contributed by atoms with Crippen molar-refractivity contribution in [3.63, 3.8) is 0 Å². The molecule has 0 heterocycles. The summed E-state index contributed by atoms with van der Waals surface area (Å²) in [6.45, 7) is 4.81. The van der Waals surface area contributed by atoms with Crippen LogP contribution in [-0.2, 0) is 9.53 Å². The Bertz CT molecular complexity index is 236. The standard InChI is InChI=1S/C13H26N2O2/c1-9-5-4-6-11(14)12(9)13(16)15-10(2)7-8-17-3/h9-12H,4-8,14H2,1-3H3,(H,15,16). The largest absolute Gasteiger partial charge is 0.385 e. The van der Waals surface area contributed by atoms with E-state index >= 15 is 0 Å². The maximum Gasteiger partial charge on any atom is 0.225 e. The van der Waals surface area contributed by atoms with Gasteiger partial charge in [-0.25, -0.2) is 0 Å². The molecule has 1 aliphatic carbocycles. The quantitative estimate of drug-likeness (QED) is 0.763. The summed E-state index contributed by atoms with van der Waals surface area (Å²) in [5.41, 5.74) is 6.06. The van der Waals surface area contributed by atoms with Crippen LogP contribution in [0.25, 0.3) is 0 Å². The summed E-state index contributed by atoms with van der Waals surface area (Å²) < 4.78 is 5.01. The summed E-state index contributed by atoms with van der Waals surface area (Å²) in [6.07, 6.45) is 4.07. The minimum Gasteiger partial charge on any atom is -0.385 e. The van der Waals surface area contributed by atoms with E-state index < -0.39 is 0 Å². The molecule has 0 saturated heterocycles. The molecule has 0 aliphatic heterocycles. The molecule has 1 amide bonds. The fourth-order valence-electron chi connectivity index (χ4n) is 2.62. The zero-order chi connectivity index (χ0) is 12.8. The van der Waals surface area contributed by atoms with Crippen molar-refractivity contribution in [1.29, 1.82) is 0 Å². The molecule has 1 saturated carbocycles. The predicted molar refractivity (Wildman–Crippen MR) is 68.6 cm³/mol. The van der Waals surface area contributed by atoms with Gasteiger partial charge in [-0.15, -0.1) is 0 Å². The molecule has 0 radical (unpaired) electrons. The van der Waals surface area contributed by atoms with Crippen LogP contribution < -0.4 is 11.1 Å². The van der Waals surface area contributed by atoms with Crippen LogP contribution in [0.1, 0.15) is 39.5 Å². The summed E-state index contributed by atoms with van der Waals surface area (Å²) in [5.74, 6) is 0.496. The molecule has 4 atom stereocenters. The lowest BCUT2D eigenvalue weighted by atomic mass is 9.76. The molecule has 4 nitrogen and oxygen atoms in total. The fourth-order valence-corrected chi connectivity index (χ4v) is 2.62. The van der Waals surface area contributed by atoms with Gasteiger partial charge in [0, 0.05) is 25.8 Å². The summed E-state index contributed by atoms with van der Waals surface area (Å²) in [6, 6.07) is 0.178. The van der Waals surface area contributed by atoms with Crippen molar-refractivity contribution in [3.8, 4) is 0 Å². The molecule has 4 unspecified atom stereocenters. The lowest BCUT2D eigenvalue weighted by molar-refractivity contribution is -0.128. The van der Waals surface area contributed by atoms with Gasteiger partial charge in [0.2, 0.25) is 5.91 Å². The molecule has 4 heteroatoms. The molecule has 1 fully saturated rings. The van der Waals surface area contributed by atoms with Crippen LogP contribution >= 0.6 is 0 Å². The summed E-state index contributed by atoms with van der Waals surface area (Å²) in [5, 5.41) is 3.05. The molecule has 3 N–H and O–H groups in total. The number of carbonyl (C=O) groups excluding carboxylic acids is 1. The Labute approximate surface area is 104 Å². The summed E-state index contributed by atoms with van der Waals surface area (Å²) >= 11 is 0. The molecule has 1 rings (SSSR count). The van der Waals surface area contributed by atoms with E-state index in [0.717, 1.165) is 25.7 Å². The van der Waals surface area contributed by atoms with Crippen LogP contribution in [0.5, 0.6) is 0 Å². The number of rotatable bonds is 5. The van der Waals surface area contributed by atoms with Gasteiger partial charge in [-0.05, 0) is 32.1 Å². The van der Waals surface area contributed by atoms with Crippen molar-refractivity contribution in [2.75, 3.05) is 13.7 Å². The first-order chi connectivity index (χ1) is 8.06. The minimum atomic E-state index is -0.0197. The first-order valence-corrected chi connectivity index (χ1v) is 6.61. The molecular weight excluding hydrogens is 216 g/mol. The maximum atomic E-state index is 12.2. The summed E-state index contributed by atoms with van der Waals surface area (Å²) in [4.78, 5) is 12.2. The van der Waals surface area contributed by atoms with Crippen LogP contribution in [0.4, 0.5) is 0 Å². The number of amides is 1.